The number of carboxylic acid groups (broad SMARTS) is 2. The van der Waals surface area contributed by atoms with Crippen molar-refractivity contribution in [2.75, 3.05) is 5.32 Å². The number of anilines is 1. The Hall–Kier alpha value is -3.08. The number of para-hydroxylation sites is 1. The third-order valence-corrected chi connectivity index (χ3v) is 2.55. The van der Waals surface area contributed by atoms with E-state index in [9.17, 15) is 14.4 Å². The minimum atomic E-state index is -1.33. The van der Waals surface area contributed by atoms with Crippen LogP contribution in [0.5, 0.6) is 0 Å². The minimum absolute atomic E-state index is 0.227. The summed E-state index contributed by atoms with van der Waals surface area (Å²) in [7, 11) is 0. The smallest absolute Gasteiger partial charge is 0.326 e. The van der Waals surface area contributed by atoms with E-state index in [1.807, 2.05) is 6.07 Å². The molecule has 1 aromatic carbocycles. The van der Waals surface area contributed by atoms with Crippen molar-refractivity contribution in [3.63, 3.8) is 0 Å². The first-order chi connectivity index (χ1) is 9.93. The molecule has 8 heteroatoms. The maximum Gasteiger partial charge on any atom is 0.326 e. The molecule has 110 valence electrons. The largest absolute Gasteiger partial charge is 0.481 e. The van der Waals surface area contributed by atoms with Gasteiger partial charge in [0.2, 0.25) is 0 Å². The molecule has 0 aliphatic rings. The van der Waals surface area contributed by atoms with Crippen LogP contribution in [0.15, 0.2) is 24.3 Å². The monoisotopic (exact) mass is 291 g/mol. The number of nitrogens with zero attached hydrogens (tertiary/aromatic N) is 1. The first kappa shape index (κ1) is 16.0. The molecular formula is C13H13N3O5. The lowest BCUT2D eigenvalue weighted by Gasteiger charge is -2.14. The zero-order valence-corrected chi connectivity index (χ0v) is 10.9. The van der Waals surface area contributed by atoms with Gasteiger partial charge in [-0.25, -0.2) is 9.59 Å². The number of rotatable bonds is 6. The zero-order chi connectivity index (χ0) is 15.8. The van der Waals surface area contributed by atoms with Crippen molar-refractivity contribution < 1.29 is 24.6 Å². The summed E-state index contributed by atoms with van der Waals surface area (Å²) in [6.45, 7) is 0. The molecule has 1 atom stereocenters. The maximum atomic E-state index is 11.7. The molecule has 8 nitrogen and oxygen atoms in total. The van der Waals surface area contributed by atoms with Crippen molar-refractivity contribution in [3.05, 3.63) is 29.8 Å². The van der Waals surface area contributed by atoms with E-state index >= 15 is 0 Å². The molecule has 1 rings (SSSR count). The van der Waals surface area contributed by atoms with E-state index in [2.05, 4.69) is 10.6 Å². The van der Waals surface area contributed by atoms with Crippen molar-refractivity contribution in [1.29, 1.82) is 5.26 Å². The fourth-order valence-corrected chi connectivity index (χ4v) is 1.53. The standard InChI is InChI=1S/C13H13N3O5/c14-7-8-3-1-2-4-9(8)15-13(21)16-10(12(19)20)5-6-11(17)18/h1-4,10H,5-6H2,(H,17,18)(H,19,20)(H2,15,16,21)/t10-/m0/s1. The van der Waals surface area contributed by atoms with E-state index in [0.29, 0.717) is 0 Å². The van der Waals surface area contributed by atoms with Gasteiger partial charge < -0.3 is 20.8 Å². The number of urea groups is 1. The summed E-state index contributed by atoms with van der Waals surface area (Å²) < 4.78 is 0. The lowest BCUT2D eigenvalue weighted by Crippen LogP contribution is -2.43. The number of hydrogen-bond donors (Lipinski definition) is 4. The van der Waals surface area contributed by atoms with Gasteiger partial charge in [0.05, 0.1) is 11.3 Å². The minimum Gasteiger partial charge on any atom is -0.481 e. The normalized spacial score (nSPS) is 11.0. The Bertz CT molecular complexity index is 594. The summed E-state index contributed by atoms with van der Waals surface area (Å²) >= 11 is 0. The molecule has 0 aliphatic carbocycles. The second-order valence-corrected chi connectivity index (χ2v) is 4.08. The molecule has 0 aromatic heterocycles. The quantitative estimate of drug-likeness (QED) is 0.616. The first-order valence-electron chi connectivity index (χ1n) is 5.95. The van der Waals surface area contributed by atoms with Gasteiger partial charge in [0.1, 0.15) is 12.1 Å². The Morgan fingerprint density at radius 3 is 2.48 bits per heavy atom. The van der Waals surface area contributed by atoms with Crippen LogP contribution >= 0.6 is 0 Å². The predicted molar refractivity (Wildman–Crippen MR) is 71.6 cm³/mol. The van der Waals surface area contributed by atoms with Gasteiger partial charge in [-0.15, -0.1) is 0 Å². The van der Waals surface area contributed by atoms with Crippen LogP contribution in [0.2, 0.25) is 0 Å². The van der Waals surface area contributed by atoms with Crippen molar-refractivity contribution in [3.8, 4) is 6.07 Å². The number of nitriles is 1. The molecule has 0 saturated carbocycles. The molecule has 21 heavy (non-hydrogen) atoms. The third kappa shape index (κ3) is 5.20. The molecule has 1 aromatic rings. The van der Waals surface area contributed by atoms with E-state index in [1.54, 1.807) is 12.1 Å². The molecule has 0 unspecified atom stereocenters. The fourth-order valence-electron chi connectivity index (χ4n) is 1.53. The third-order valence-electron chi connectivity index (χ3n) is 2.55. The van der Waals surface area contributed by atoms with Gasteiger partial charge in [0.25, 0.3) is 0 Å². The maximum absolute atomic E-state index is 11.7. The molecular weight excluding hydrogens is 278 g/mol. The van der Waals surface area contributed by atoms with Gasteiger partial charge in [0, 0.05) is 6.42 Å². The van der Waals surface area contributed by atoms with Crippen LogP contribution in [0.3, 0.4) is 0 Å². The number of aliphatic carboxylic acids is 2. The molecule has 0 radical (unpaired) electrons. The highest BCUT2D eigenvalue weighted by Gasteiger charge is 2.21. The fraction of sp³-hybridized carbons (Fsp3) is 0.231. The SMILES string of the molecule is N#Cc1ccccc1NC(=O)N[C@@H](CCC(=O)O)C(=O)O. The predicted octanol–water partition coefficient (Wildman–Crippen LogP) is 0.998. The van der Waals surface area contributed by atoms with Gasteiger partial charge in [-0.3, -0.25) is 4.79 Å². The number of nitrogens with one attached hydrogen (secondary N) is 2. The number of carbonyl (C=O) groups excluding carboxylic acids is 1. The Kier molecular flexibility index (Phi) is 5.70. The van der Waals surface area contributed by atoms with Gasteiger partial charge in [-0.1, -0.05) is 12.1 Å². The lowest BCUT2D eigenvalue weighted by atomic mass is 10.1. The van der Waals surface area contributed by atoms with E-state index in [4.69, 9.17) is 15.5 Å². The number of carboxylic acids is 2. The highest BCUT2D eigenvalue weighted by Crippen LogP contribution is 2.13. The Balaban J connectivity index is 2.68. The summed E-state index contributed by atoms with van der Waals surface area (Å²) in [6.07, 6.45) is -0.621. The summed E-state index contributed by atoms with van der Waals surface area (Å²) in [5.41, 5.74) is 0.463. The molecule has 0 bridgehead atoms. The Morgan fingerprint density at radius 1 is 1.24 bits per heavy atom. The number of hydrogen-bond acceptors (Lipinski definition) is 4. The molecule has 0 fully saturated rings. The lowest BCUT2D eigenvalue weighted by molar-refractivity contribution is -0.140. The van der Waals surface area contributed by atoms with Gasteiger partial charge in [-0.2, -0.15) is 5.26 Å². The summed E-state index contributed by atoms with van der Waals surface area (Å²) in [5, 5.41) is 30.8. The summed E-state index contributed by atoms with van der Waals surface area (Å²) in [5.74, 6) is -2.49. The van der Waals surface area contributed by atoms with Crippen molar-refractivity contribution >= 4 is 23.7 Å². The van der Waals surface area contributed by atoms with Crippen molar-refractivity contribution in [2.24, 2.45) is 0 Å². The zero-order valence-electron chi connectivity index (χ0n) is 10.9. The number of amides is 2. The van der Waals surface area contributed by atoms with Gasteiger partial charge in [-0.05, 0) is 18.6 Å². The highest BCUT2D eigenvalue weighted by atomic mass is 16.4. The Morgan fingerprint density at radius 2 is 1.90 bits per heavy atom. The average Bonchev–Trinajstić information content (AvgIpc) is 2.43. The molecule has 2 amide bonds. The first-order valence-corrected chi connectivity index (χ1v) is 5.95. The summed E-state index contributed by atoms with van der Waals surface area (Å²) in [4.78, 5) is 33.1. The molecule has 0 heterocycles. The van der Waals surface area contributed by atoms with Gasteiger partial charge in [0.15, 0.2) is 0 Å². The second-order valence-electron chi connectivity index (χ2n) is 4.08. The van der Waals surface area contributed by atoms with E-state index < -0.39 is 24.0 Å². The van der Waals surface area contributed by atoms with E-state index in [-0.39, 0.29) is 24.1 Å². The van der Waals surface area contributed by atoms with Gasteiger partial charge >= 0.3 is 18.0 Å². The van der Waals surface area contributed by atoms with Crippen LogP contribution in [0.25, 0.3) is 0 Å². The number of benzene rings is 1. The summed E-state index contributed by atoms with van der Waals surface area (Å²) in [6, 6.07) is 5.95. The van der Waals surface area contributed by atoms with Crippen LogP contribution in [0.4, 0.5) is 10.5 Å². The van der Waals surface area contributed by atoms with Crippen LogP contribution < -0.4 is 10.6 Å². The average molecular weight is 291 g/mol. The Labute approximate surface area is 120 Å². The van der Waals surface area contributed by atoms with Crippen molar-refractivity contribution in [1.82, 2.24) is 5.32 Å². The van der Waals surface area contributed by atoms with Crippen LogP contribution in [0.1, 0.15) is 18.4 Å². The van der Waals surface area contributed by atoms with Crippen molar-refractivity contribution in [2.45, 2.75) is 18.9 Å². The van der Waals surface area contributed by atoms with E-state index in [0.717, 1.165) is 0 Å². The van der Waals surface area contributed by atoms with Crippen LogP contribution in [-0.2, 0) is 9.59 Å². The number of carbonyl (C=O) groups is 3. The molecule has 0 saturated heterocycles. The highest BCUT2D eigenvalue weighted by molar-refractivity contribution is 5.93. The second kappa shape index (κ2) is 7.49. The molecule has 0 aliphatic heterocycles. The van der Waals surface area contributed by atoms with Crippen LogP contribution in [0, 0.1) is 11.3 Å². The topological polar surface area (TPSA) is 140 Å². The van der Waals surface area contributed by atoms with Crippen LogP contribution in [-0.4, -0.2) is 34.2 Å². The van der Waals surface area contributed by atoms with E-state index in [1.165, 1.54) is 12.1 Å². The molecule has 4 N–H and O–H groups in total. The molecule has 0 spiro atoms.